The molecule has 2 aromatic rings. The minimum absolute atomic E-state index is 0.310. The fourth-order valence-corrected chi connectivity index (χ4v) is 2.23. The molecule has 0 unspecified atom stereocenters. The maximum Gasteiger partial charge on any atom is 0.124 e. The fourth-order valence-electron chi connectivity index (χ4n) is 2.18. The molecule has 0 heterocycles. The molecule has 112 valence electrons. The van der Waals surface area contributed by atoms with Crippen LogP contribution in [0.5, 0.6) is 5.75 Å². The molecule has 0 fully saturated rings. The summed E-state index contributed by atoms with van der Waals surface area (Å²) in [7, 11) is 1.69. The van der Waals surface area contributed by atoms with E-state index in [1.807, 2.05) is 18.2 Å². The third-order valence-electron chi connectivity index (χ3n) is 3.17. The summed E-state index contributed by atoms with van der Waals surface area (Å²) in [6.07, 6.45) is 0. The van der Waals surface area contributed by atoms with Crippen molar-refractivity contribution < 1.29 is 9.47 Å². The number of benzene rings is 2. The Bertz CT molecular complexity index is 613. The van der Waals surface area contributed by atoms with Gasteiger partial charge in [-0.1, -0.05) is 48.5 Å². The number of halogens is 1. The van der Waals surface area contributed by atoms with Crippen LogP contribution in [0.3, 0.4) is 0 Å². The van der Waals surface area contributed by atoms with Crippen LogP contribution in [0.2, 0.25) is 0 Å². The van der Waals surface area contributed by atoms with Gasteiger partial charge in [-0.3, -0.25) is 0 Å². The summed E-state index contributed by atoms with van der Waals surface area (Å²) in [6, 6.07) is 12.3. The summed E-state index contributed by atoms with van der Waals surface area (Å²) in [4.78, 5) is 0. The molecule has 0 spiro atoms. The average Bonchev–Trinajstić information content (AvgIpc) is 2.50. The first kappa shape index (κ1) is 15.8. The number of nitrogens with one attached hydrogen (secondary N) is 1. The number of hydrogen-bond donors (Lipinski definition) is 1. The van der Waals surface area contributed by atoms with Crippen LogP contribution in [0.25, 0.3) is 10.8 Å². The zero-order chi connectivity index (χ0) is 15.1. The van der Waals surface area contributed by atoms with Gasteiger partial charge in [-0.2, -0.15) is 0 Å². The van der Waals surface area contributed by atoms with Gasteiger partial charge in [0.15, 0.2) is 0 Å². The highest BCUT2D eigenvalue weighted by atomic mass is 35.5. The molecule has 0 aliphatic heterocycles. The Morgan fingerprint density at radius 2 is 2.05 bits per heavy atom. The summed E-state index contributed by atoms with van der Waals surface area (Å²) >= 11 is 5.79. The van der Waals surface area contributed by atoms with Crippen LogP contribution in [0.15, 0.2) is 48.0 Å². The Hall–Kier alpha value is -1.55. The minimum Gasteiger partial charge on any atom is -0.488 e. The highest BCUT2D eigenvalue weighted by molar-refractivity contribution is 6.29. The van der Waals surface area contributed by atoms with Crippen molar-refractivity contribution in [2.24, 2.45) is 0 Å². The van der Waals surface area contributed by atoms with Crippen LogP contribution < -0.4 is 10.1 Å². The second-order valence-electron chi connectivity index (χ2n) is 4.74. The summed E-state index contributed by atoms with van der Waals surface area (Å²) < 4.78 is 10.8. The van der Waals surface area contributed by atoms with Crippen LogP contribution in [0, 0.1) is 0 Å². The van der Waals surface area contributed by atoms with Crippen LogP contribution in [-0.2, 0) is 11.3 Å². The van der Waals surface area contributed by atoms with E-state index in [1.54, 1.807) is 7.11 Å². The van der Waals surface area contributed by atoms with Gasteiger partial charge in [-0.15, -0.1) is 0 Å². The van der Waals surface area contributed by atoms with Crippen molar-refractivity contribution >= 4 is 22.4 Å². The summed E-state index contributed by atoms with van der Waals surface area (Å²) in [5, 5.41) is 6.22. The Labute approximate surface area is 130 Å². The maximum atomic E-state index is 5.79. The SMILES string of the molecule is C=C(Cl)COc1ccc2ccccc2c1CNCCOC. The molecular formula is C17H20ClNO2. The molecule has 0 amide bonds. The number of fused-ring (bicyclic) bond motifs is 1. The van der Waals surface area contributed by atoms with Crippen molar-refractivity contribution in [1.82, 2.24) is 5.32 Å². The summed E-state index contributed by atoms with van der Waals surface area (Å²) in [6.45, 7) is 6.16. The highest BCUT2D eigenvalue weighted by Gasteiger charge is 2.09. The predicted octanol–water partition coefficient (Wildman–Crippen LogP) is 3.71. The van der Waals surface area contributed by atoms with E-state index in [0.29, 0.717) is 18.2 Å². The number of ether oxygens (including phenoxy) is 2. The third kappa shape index (κ3) is 4.46. The quantitative estimate of drug-likeness (QED) is 0.754. The maximum absolute atomic E-state index is 5.79. The van der Waals surface area contributed by atoms with E-state index in [1.165, 1.54) is 10.8 Å². The van der Waals surface area contributed by atoms with Gasteiger partial charge in [0.05, 0.1) is 6.61 Å². The van der Waals surface area contributed by atoms with E-state index in [2.05, 4.69) is 30.1 Å². The molecular weight excluding hydrogens is 286 g/mol. The molecule has 0 atom stereocenters. The zero-order valence-corrected chi connectivity index (χ0v) is 13.0. The molecule has 0 radical (unpaired) electrons. The topological polar surface area (TPSA) is 30.5 Å². The summed E-state index contributed by atoms with van der Waals surface area (Å²) in [5.41, 5.74) is 1.13. The van der Waals surface area contributed by atoms with E-state index < -0.39 is 0 Å². The first-order valence-corrected chi connectivity index (χ1v) is 7.26. The van der Waals surface area contributed by atoms with E-state index in [0.717, 1.165) is 24.4 Å². The molecule has 0 aliphatic rings. The lowest BCUT2D eigenvalue weighted by atomic mass is 10.0. The molecule has 0 aromatic heterocycles. The molecule has 0 saturated heterocycles. The monoisotopic (exact) mass is 305 g/mol. The normalized spacial score (nSPS) is 10.8. The average molecular weight is 306 g/mol. The summed E-state index contributed by atoms with van der Waals surface area (Å²) in [5.74, 6) is 0.834. The zero-order valence-electron chi connectivity index (χ0n) is 12.2. The van der Waals surface area contributed by atoms with E-state index in [4.69, 9.17) is 21.1 Å². The van der Waals surface area contributed by atoms with E-state index in [-0.39, 0.29) is 0 Å². The van der Waals surface area contributed by atoms with Crippen molar-refractivity contribution in [3.8, 4) is 5.75 Å². The largest absolute Gasteiger partial charge is 0.488 e. The van der Waals surface area contributed by atoms with Crippen molar-refractivity contribution in [3.63, 3.8) is 0 Å². The smallest absolute Gasteiger partial charge is 0.124 e. The van der Waals surface area contributed by atoms with Crippen LogP contribution >= 0.6 is 11.6 Å². The van der Waals surface area contributed by atoms with Gasteiger partial charge in [-0.25, -0.2) is 0 Å². The van der Waals surface area contributed by atoms with Crippen molar-refractivity contribution in [2.75, 3.05) is 26.9 Å². The first-order valence-electron chi connectivity index (χ1n) is 6.88. The van der Waals surface area contributed by atoms with Gasteiger partial charge < -0.3 is 14.8 Å². The van der Waals surface area contributed by atoms with E-state index in [9.17, 15) is 0 Å². The van der Waals surface area contributed by atoms with Crippen molar-refractivity contribution in [2.45, 2.75) is 6.54 Å². The number of methoxy groups -OCH3 is 1. The molecule has 4 heteroatoms. The third-order valence-corrected chi connectivity index (χ3v) is 3.28. The fraction of sp³-hybridized carbons (Fsp3) is 0.294. The second kappa shape index (κ2) is 8.03. The lowest BCUT2D eigenvalue weighted by Crippen LogP contribution is -2.19. The van der Waals surface area contributed by atoms with Gasteiger partial charge in [0, 0.05) is 30.8 Å². The molecule has 2 rings (SSSR count). The lowest BCUT2D eigenvalue weighted by Gasteiger charge is -2.14. The van der Waals surface area contributed by atoms with Crippen molar-refractivity contribution in [1.29, 1.82) is 0 Å². The molecule has 0 bridgehead atoms. The standard InChI is InChI=1S/C17H20ClNO2/c1-13(18)12-21-17-8-7-14-5-3-4-6-15(14)16(17)11-19-9-10-20-2/h3-8,19H,1,9-12H2,2H3. The molecule has 0 saturated carbocycles. The van der Waals surface area contributed by atoms with Gasteiger partial charge in [0.1, 0.15) is 12.4 Å². The molecule has 21 heavy (non-hydrogen) atoms. The predicted molar refractivity (Wildman–Crippen MR) is 88.0 cm³/mol. The Kier molecular flexibility index (Phi) is 6.05. The van der Waals surface area contributed by atoms with Crippen molar-refractivity contribution in [3.05, 3.63) is 53.6 Å². The molecule has 2 aromatic carbocycles. The highest BCUT2D eigenvalue weighted by Crippen LogP contribution is 2.28. The Morgan fingerprint density at radius 1 is 1.24 bits per heavy atom. The molecule has 0 aliphatic carbocycles. The Morgan fingerprint density at radius 3 is 2.81 bits per heavy atom. The van der Waals surface area contributed by atoms with Gasteiger partial charge in [-0.05, 0) is 16.8 Å². The molecule has 3 nitrogen and oxygen atoms in total. The van der Waals surface area contributed by atoms with Crippen LogP contribution in [0.1, 0.15) is 5.56 Å². The van der Waals surface area contributed by atoms with E-state index >= 15 is 0 Å². The lowest BCUT2D eigenvalue weighted by molar-refractivity contribution is 0.199. The van der Waals surface area contributed by atoms with Gasteiger partial charge in [0.25, 0.3) is 0 Å². The second-order valence-corrected chi connectivity index (χ2v) is 5.27. The molecule has 1 N–H and O–H groups in total. The number of rotatable bonds is 8. The van der Waals surface area contributed by atoms with Crippen LogP contribution in [-0.4, -0.2) is 26.9 Å². The Balaban J connectivity index is 2.25. The minimum atomic E-state index is 0.310. The number of hydrogen-bond acceptors (Lipinski definition) is 3. The first-order chi connectivity index (χ1) is 10.2. The van der Waals surface area contributed by atoms with Crippen LogP contribution in [0.4, 0.5) is 0 Å². The van der Waals surface area contributed by atoms with Gasteiger partial charge >= 0.3 is 0 Å². The van der Waals surface area contributed by atoms with Gasteiger partial charge in [0.2, 0.25) is 0 Å².